The first kappa shape index (κ1) is 24.1. The molecule has 30 heavy (non-hydrogen) atoms. The van der Waals surface area contributed by atoms with Crippen molar-refractivity contribution in [2.75, 3.05) is 27.2 Å². The van der Waals surface area contributed by atoms with Crippen LogP contribution in [0.1, 0.15) is 39.2 Å². The van der Waals surface area contributed by atoms with E-state index in [4.69, 9.17) is 10.7 Å². The number of rotatable bonds is 5. The molecule has 0 atom stereocenters. The number of aliphatic imine (C=N–C) groups is 2. The van der Waals surface area contributed by atoms with E-state index in [2.05, 4.69) is 47.0 Å². The van der Waals surface area contributed by atoms with Gasteiger partial charge in [0, 0.05) is 50.7 Å². The number of piperidine rings is 1. The van der Waals surface area contributed by atoms with Gasteiger partial charge in [-0.05, 0) is 60.5 Å². The van der Waals surface area contributed by atoms with E-state index in [9.17, 15) is 0 Å². The predicted molar refractivity (Wildman–Crippen MR) is 136 cm³/mol. The number of nitrogens with two attached hydrogens (primary N) is 1. The Morgan fingerprint density at radius 1 is 1.37 bits per heavy atom. The van der Waals surface area contributed by atoms with Crippen molar-refractivity contribution in [3.63, 3.8) is 0 Å². The lowest BCUT2D eigenvalue weighted by Gasteiger charge is -2.21. The Balaban J connectivity index is 0.00000156. The number of hydrogen-bond donors (Lipinski definition) is 3. The highest BCUT2D eigenvalue weighted by Gasteiger charge is 2.23. The number of nitrogens with zero attached hydrogens (tertiary/aromatic N) is 2. The van der Waals surface area contributed by atoms with Gasteiger partial charge in [0.1, 0.15) is 5.04 Å². The molecule has 0 bridgehead atoms. The van der Waals surface area contributed by atoms with E-state index in [-0.39, 0.29) is 1.43 Å². The van der Waals surface area contributed by atoms with Gasteiger partial charge in [-0.2, -0.15) is 0 Å². The third kappa shape index (κ3) is 5.72. The van der Waals surface area contributed by atoms with Crippen LogP contribution in [0.4, 0.5) is 0 Å². The summed E-state index contributed by atoms with van der Waals surface area (Å²) in [7, 11) is 3.69. The Kier molecular flexibility index (Phi) is 9.56. The molecular weight excluding hydrogens is 390 g/mol. The van der Waals surface area contributed by atoms with Gasteiger partial charge in [-0.1, -0.05) is 38.8 Å². The van der Waals surface area contributed by atoms with Gasteiger partial charge in [0.25, 0.3) is 0 Å². The fourth-order valence-corrected chi connectivity index (χ4v) is 4.42. The molecule has 1 fully saturated rings. The average Bonchev–Trinajstić information content (AvgIpc) is 3.16. The molecule has 2 aliphatic heterocycles. The van der Waals surface area contributed by atoms with E-state index >= 15 is 0 Å². The van der Waals surface area contributed by atoms with Crippen LogP contribution in [-0.2, 0) is 6.54 Å². The molecule has 5 nitrogen and oxygen atoms in total. The van der Waals surface area contributed by atoms with E-state index in [1.807, 2.05) is 27.1 Å². The number of nitrogens with one attached hydrogen (secondary N) is 2. The van der Waals surface area contributed by atoms with E-state index in [1.165, 1.54) is 5.70 Å². The third-order valence-electron chi connectivity index (χ3n) is 5.14. The summed E-state index contributed by atoms with van der Waals surface area (Å²) < 4.78 is 0. The van der Waals surface area contributed by atoms with Gasteiger partial charge in [-0.25, -0.2) is 4.99 Å². The molecule has 6 heteroatoms. The van der Waals surface area contributed by atoms with Crippen LogP contribution in [0, 0.1) is 5.92 Å². The summed E-state index contributed by atoms with van der Waals surface area (Å²) >= 11 is 1.62. The van der Waals surface area contributed by atoms with Crippen LogP contribution in [0.3, 0.4) is 0 Å². The van der Waals surface area contributed by atoms with Crippen molar-refractivity contribution in [3.05, 3.63) is 57.6 Å². The van der Waals surface area contributed by atoms with Gasteiger partial charge < -0.3 is 16.4 Å². The lowest BCUT2D eigenvalue weighted by Crippen LogP contribution is -2.28. The third-order valence-corrected chi connectivity index (χ3v) is 6.33. The normalized spacial score (nSPS) is 18.0. The maximum Gasteiger partial charge on any atom is 0.109 e. The van der Waals surface area contributed by atoms with Crippen LogP contribution >= 0.6 is 11.8 Å². The summed E-state index contributed by atoms with van der Waals surface area (Å²) in [6.45, 7) is 14.9. The standard InChI is InChI=1S/C22H29N5S.C2H6.H2/c1-14-9-20(16-5-7-26-8-6-16)27-21(14)28-22(25-4)17-10-18(12-23)15(2)19(11-17)13-24-3;1-2;/h9-11,13,16,25-26H,1-2,5-8,12,23H2,3-4H3;1-2H3;1H/b22-17-,24-13?;;. The van der Waals surface area contributed by atoms with Crippen LogP contribution in [0.25, 0.3) is 11.6 Å². The molecule has 3 rings (SSSR count). The molecule has 0 radical (unpaired) electrons. The molecule has 1 saturated heterocycles. The lowest BCUT2D eigenvalue weighted by atomic mass is 9.94. The predicted octanol–water partition coefficient (Wildman–Crippen LogP) is 2.75. The number of thioether (sulfide) groups is 1. The van der Waals surface area contributed by atoms with Crippen molar-refractivity contribution in [2.24, 2.45) is 21.6 Å². The number of benzene rings is 1. The average molecular weight is 428 g/mol. The quantitative estimate of drug-likeness (QED) is 0.632. The summed E-state index contributed by atoms with van der Waals surface area (Å²) in [5, 5.41) is 10.7. The van der Waals surface area contributed by atoms with Crippen molar-refractivity contribution in [1.82, 2.24) is 10.6 Å². The topological polar surface area (TPSA) is 74.8 Å². The largest absolute Gasteiger partial charge is 0.382 e. The lowest BCUT2D eigenvalue weighted by molar-refractivity contribution is 0.418. The molecular formula is C24H37N5S. The second kappa shape index (κ2) is 11.9. The first-order valence-electron chi connectivity index (χ1n) is 10.6. The fraction of sp³-hybridized carbons (Fsp3) is 0.417. The minimum absolute atomic E-state index is 0. The molecule has 1 aromatic rings. The van der Waals surface area contributed by atoms with Crippen LogP contribution in [-0.4, -0.2) is 38.4 Å². The molecule has 0 aliphatic carbocycles. The zero-order valence-corrected chi connectivity index (χ0v) is 19.5. The molecule has 164 valence electrons. The van der Waals surface area contributed by atoms with E-state index in [1.54, 1.807) is 18.8 Å². The van der Waals surface area contributed by atoms with Gasteiger partial charge in [0.15, 0.2) is 0 Å². The van der Waals surface area contributed by atoms with Crippen molar-refractivity contribution in [2.45, 2.75) is 33.2 Å². The van der Waals surface area contributed by atoms with E-state index in [0.29, 0.717) is 12.5 Å². The van der Waals surface area contributed by atoms with Crippen molar-refractivity contribution in [1.29, 1.82) is 0 Å². The van der Waals surface area contributed by atoms with Crippen LogP contribution < -0.4 is 26.8 Å². The van der Waals surface area contributed by atoms with Gasteiger partial charge in [-0.15, -0.1) is 0 Å². The smallest absolute Gasteiger partial charge is 0.109 e. The van der Waals surface area contributed by atoms with Crippen LogP contribution in [0.15, 0.2) is 46.0 Å². The highest BCUT2D eigenvalue weighted by molar-refractivity contribution is 8.21. The SMILES string of the molecule is C=C1C=C(C2CCNCC2)N=C1S/C(NC)=c1\cc(C=NC)c(=C)c(CN)c1.CC.[HH]. The Hall–Kier alpha value is -2.15. The molecule has 2 heterocycles. The molecule has 2 aliphatic rings. The van der Waals surface area contributed by atoms with Crippen LogP contribution in [0.5, 0.6) is 0 Å². The van der Waals surface area contributed by atoms with Gasteiger partial charge >= 0.3 is 0 Å². The first-order chi connectivity index (χ1) is 14.6. The maximum absolute atomic E-state index is 5.94. The molecule has 0 aromatic heterocycles. The van der Waals surface area contributed by atoms with E-state index in [0.717, 1.165) is 63.1 Å². The first-order valence-corrected chi connectivity index (χ1v) is 11.4. The zero-order valence-electron chi connectivity index (χ0n) is 18.7. The fourth-order valence-electron chi connectivity index (χ4n) is 3.55. The maximum atomic E-state index is 5.94. The highest BCUT2D eigenvalue weighted by atomic mass is 32.2. The molecule has 0 saturated carbocycles. The highest BCUT2D eigenvalue weighted by Crippen LogP contribution is 2.33. The minimum Gasteiger partial charge on any atom is -0.382 e. The van der Waals surface area contributed by atoms with Gasteiger partial charge in [0.05, 0.1) is 5.03 Å². The summed E-state index contributed by atoms with van der Waals surface area (Å²) in [5.74, 6) is 0.524. The monoisotopic (exact) mass is 427 g/mol. The molecule has 1 aromatic carbocycles. The summed E-state index contributed by atoms with van der Waals surface area (Å²) in [5.41, 5.74) is 10.1. The van der Waals surface area contributed by atoms with Gasteiger partial charge in [-0.3, -0.25) is 4.99 Å². The minimum atomic E-state index is 0. The Morgan fingerprint density at radius 2 is 2.07 bits per heavy atom. The molecule has 0 amide bonds. The number of hydrogen-bond acceptors (Lipinski definition) is 6. The molecule has 0 unspecified atom stereocenters. The Labute approximate surface area is 186 Å². The Bertz CT molecular complexity index is 959. The molecule has 0 spiro atoms. The van der Waals surface area contributed by atoms with Gasteiger partial charge in [0.2, 0.25) is 0 Å². The van der Waals surface area contributed by atoms with Crippen molar-refractivity contribution < 1.29 is 1.43 Å². The van der Waals surface area contributed by atoms with Crippen molar-refractivity contribution in [3.8, 4) is 0 Å². The Morgan fingerprint density at radius 3 is 2.67 bits per heavy atom. The molecule has 4 N–H and O–H groups in total. The zero-order chi connectivity index (χ0) is 22.1. The summed E-state index contributed by atoms with van der Waals surface area (Å²) in [4.78, 5) is 9.07. The van der Waals surface area contributed by atoms with E-state index < -0.39 is 0 Å². The summed E-state index contributed by atoms with van der Waals surface area (Å²) in [6, 6.07) is 4.18. The van der Waals surface area contributed by atoms with Crippen LogP contribution in [0.2, 0.25) is 0 Å². The second-order valence-electron chi connectivity index (χ2n) is 7.01. The number of allylic oxidation sites excluding steroid dienone is 2. The summed E-state index contributed by atoms with van der Waals surface area (Å²) in [6.07, 6.45) is 6.23. The second-order valence-corrected chi connectivity index (χ2v) is 8.01. The van der Waals surface area contributed by atoms with Crippen molar-refractivity contribution >= 4 is 34.6 Å².